The summed E-state index contributed by atoms with van der Waals surface area (Å²) in [6.45, 7) is 9.20. The van der Waals surface area contributed by atoms with Crippen LogP contribution in [0.4, 0.5) is 0 Å². The highest BCUT2D eigenvalue weighted by Crippen LogP contribution is 2.68. The van der Waals surface area contributed by atoms with Gasteiger partial charge in [-0.05, 0) is 111 Å². The zero-order valence-corrected chi connectivity index (χ0v) is 21.3. The second-order valence-electron chi connectivity index (χ2n) is 12.4. The van der Waals surface area contributed by atoms with E-state index in [1.807, 2.05) is 0 Å². The number of carbonyl (C=O) groups is 1. The molecule has 4 fully saturated rings. The summed E-state index contributed by atoms with van der Waals surface area (Å²) in [5.74, 6) is 3.92. The molecule has 2 N–H and O–H groups in total. The maximum Gasteiger partial charge on any atom is 0.303 e. The lowest BCUT2D eigenvalue weighted by Crippen LogP contribution is -2.54. The Hall–Kier alpha value is -0.650. The molecule has 0 aromatic rings. The number of aliphatic hydroxyl groups is 1. The first-order chi connectivity index (χ1) is 15.8. The predicted molar refractivity (Wildman–Crippen MR) is 129 cm³/mol. The minimum absolute atomic E-state index is 0.0778. The van der Waals surface area contributed by atoms with Crippen molar-refractivity contribution >= 4 is 5.97 Å². The molecule has 0 aromatic heterocycles. The van der Waals surface area contributed by atoms with Crippen LogP contribution in [0.15, 0.2) is 0 Å². The summed E-state index contributed by atoms with van der Waals surface area (Å²) in [6, 6.07) is 0. The van der Waals surface area contributed by atoms with Gasteiger partial charge in [-0.3, -0.25) is 4.79 Å². The van der Waals surface area contributed by atoms with Gasteiger partial charge in [-0.2, -0.15) is 0 Å². The first-order valence-electron chi connectivity index (χ1n) is 13.8. The van der Waals surface area contributed by atoms with E-state index in [-0.39, 0.29) is 6.61 Å². The number of rotatable bonds is 10. The highest BCUT2D eigenvalue weighted by atomic mass is 16.5. The fourth-order valence-corrected chi connectivity index (χ4v) is 9.34. The van der Waals surface area contributed by atoms with Crippen LogP contribution in [0.25, 0.3) is 0 Å². The molecule has 9 atom stereocenters. The molecular formula is C28H48O5. The van der Waals surface area contributed by atoms with Crippen LogP contribution in [-0.4, -0.2) is 48.7 Å². The van der Waals surface area contributed by atoms with Gasteiger partial charge in [-0.15, -0.1) is 0 Å². The molecular weight excluding hydrogens is 416 g/mol. The Labute approximate surface area is 201 Å². The average Bonchev–Trinajstić information content (AvgIpc) is 3.14. The van der Waals surface area contributed by atoms with Gasteiger partial charge in [0.25, 0.3) is 0 Å². The van der Waals surface area contributed by atoms with Gasteiger partial charge < -0.3 is 19.7 Å². The van der Waals surface area contributed by atoms with Crippen molar-refractivity contribution in [1.82, 2.24) is 0 Å². The van der Waals surface area contributed by atoms with Gasteiger partial charge in [0.2, 0.25) is 0 Å². The smallest absolute Gasteiger partial charge is 0.303 e. The molecule has 0 unspecified atom stereocenters. The average molecular weight is 465 g/mol. The summed E-state index contributed by atoms with van der Waals surface area (Å²) in [5.41, 5.74) is 0.877. The molecule has 4 rings (SSSR count). The van der Waals surface area contributed by atoms with E-state index in [0.29, 0.717) is 55.0 Å². The molecule has 4 saturated carbocycles. The summed E-state index contributed by atoms with van der Waals surface area (Å²) in [7, 11) is 0. The van der Waals surface area contributed by atoms with Gasteiger partial charge in [0.1, 0.15) is 0 Å². The molecule has 0 saturated heterocycles. The summed E-state index contributed by atoms with van der Waals surface area (Å²) in [4.78, 5) is 11.1. The lowest BCUT2D eigenvalue weighted by atomic mass is 9.44. The van der Waals surface area contributed by atoms with Crippen molar-refractivity contribution in [3.8, 4) is 0 Å². The van der Waals surface area contributed by atoms with Crippen LogP contribution in [0.3, 0.4) is 0 Å². The summed E-state index contributed by atoms with van der Waals surface area (Å²) in [5, 5.41) is 18.0. The van der Waals surface area contributed by atoms with Crippen LogP contribution in [0, 0.1) is 46.3 Å². The molecule has 0 amide bonds. The number of carboxylic acid groups (broad SMARTS) is 1. The maximum atomic E-state index is 11.1. The predicted octanol–water partition coefficient (Wildman–Crippen LogP) is 5.54. The fraction of sp³-hybridized carbons (Fsp3) is 0.964. The van der Waals surface area contributed by atoms with E-state index in [9.17, 15) is 9.90 Å². The van der Waals surface area contributed by atoms with Crippen LogP contribution >= 0.6 is 0 Å². The van der Waals surface area contributed by atoms with Crippen LogP contribution in [0.2, 0.25) is 0 Å². The van der Waals surface area contributed by atoms with E-state index in [0.717, 1.165) is 30.1 Å². The Balaban J connectivity index is 1.36. The topological polar surface area (TPSA) is 76.0 Å². The number of aliphatic carboxylic acids is 1. The summed E-state index contributed by atoms with van der Waals surface area (Å²) in [6.07, 6.45) is 13.3. The molecule has 0 aromatic carbocycles. The molecule has 0 bridgehead atoms. The SMILES string of the molecule is C[C@H](CCC(=O)O)[C@H]1CC[C@H]2[C@@H]3CC[C@@H]4C[C@@H](OCCOCCO)CC[C@]4(C)[C@H]3CC[C@]12C. The quantitative estimate of drug-likeness (QED) is 0.415. The maximum absolute atomic E-state index is 11.1. The molecule has 4 aliphatic rings. The van der Waals surface area contributed by atoms with Gasteiger partial charge in [0.05, 0.1) is 32.5 Å². The highest BCUT2D eigenvalue weighted by molar-refractivity contribution is 5.66. The van der Waals surface area contributed by atoms with Gasteiger partial charge in [0, 0.05) is 6.42 Å². The van der Waals surface area contributed by atoms with Gasteiger partial charge in [0.15, 0.2) is 0 Å². The van der Waals surface area contributed by atoms with Crippen molar-refractivity contribution in [2.24, 2.45) is 46.3 Å². The van der Waals surface area contributed by atoms with E-state index >= 15 is 0 Å². The normalized spacial score (nSPS) is 43.4. The largest absolute Gasteiger partial charge is 0.481 e. The number of hydrogen-bond acceptors (Lipinski definition) is 4. The van der Waals surface area contributed by atoms with Crippen LogP contribution in [0.5, 0.6) is 0 Å². The van der Waals surface area contributed by atoms with Gasteiger partial charge in [-0.1, -0.05) is 20.8 Å². The van der Waals surface area contributed by atoms with E-state index < -0.39 is 5.97 Å². The Morgan fingerprint density at radius 3 is 2.48 bits per heavy atom. The molecule has 190 valence electrons. The molecule has 0 spiro atoms. The molecule has 33 heavy (non-hydrogen) atoms. The zero-order valence-electron chi connectivity index (χ0n) is 21.3. The fourth-order valence-electron chi connectivity index (χ4n) is 9.34. The third-order valence-electron chi connectivity index (χ3n) is 11.0. The number of hydrogen-bond donors (Lipinski definition) is 2. The molecule has 5 heteroatoms. The molecule has 0 heterocycles. The summed E-state index contributed by atoms with van der Waals surface area (Å²) >= 11 is 0. The minimum atomic E-state index is -0.645. The van der Waals surface area contributed by atoms with Gasteiger partial charge >= 0.3 is 5.97 Å². The number of carboxylic acids is 1. The molecule has 0 radical (unpaired) electrons. The van der Waals surface area contributed by atoms with Crippen molar-refractivity contribution in [2.45, 2.75) is 97.5 Å². The molecule has 4 aliphatic carbocycles. The first kappa shape index (κ1) is 25.4. The van der Waals surface area contributed by atoms with Crippen LogP contribution in [-0.2, 0) is 14.3 Å². The number of fused-ring (bicyclic) bond motifs is 5. The van der Waals surface area contributed by atoms with Crippen molar-refractivity contribution < 1.29 is 24.5 Å². The zero-order chi connectivity index (χ0) is 23.6. The van der Waals surface area contributed by atoms with Crippen molar-refractivity contribution in [1.29, 1.82) is 0 Å². The number of ether oxygens (including phenoxy) is 2. The standard InChI is InChI=1S/C28H48O5/c1-19(4-9-26(30)31)23-7-8-24-22-6-5-20-18-21(33-17-16-32-15-14-29)10-12-27(20,2)25(22)11-13-28(23,24)3/h19-25,29H,4-18H2,1-3H3,(H,30,31)/t19-,20-,21+,22+,23-,24+,25+,27+,28-/m1/s1. The van der Waals surface area contributed by atoms with Crippen LogP contribution < -0.4 is 0 Å². The highest BCUT2D eigenvalue weighted by Gasteiger charge is 2.60. The Kier molecular flexibility index (Phi) is 8.12. The Morgan fingerprint density at radius 2 is 1.73 bits per heavy atom. The number of aliphatic hydroxyl groups excluding tert-OH is 1. The summed E-state index contributed by atoms with van der Waals surface area (Å²) < 4.78 is 11.5. The lowest BCUT2D eigenvalue weighted by molar-refractivity contribution is -0.140. The van der Waals surface area contributed by atoms with Gasteiger partial charge in [-0.25, -0.2) is 0 Å². The third-order valence-corrected chi connectivity index (χ3v) is 11.0. The lowest BCUT2D eigenvalue weighted by Gasteiger charge is -2.61. The second kappa shape index (κ2) is 10.5. The van der Waals surface area contributed by atoms with Crippen molar-refractivity contribution in [2.75, 3.05) is 26.4 Å². The monoisotopic (exact) mass is 464 g/mol. The van der Waals surface area contributed by atoms with E-state index in [1.165, 1.54) is 57.8 Å². The molecule has 5 nitrogen and oxygen atoms in total. The van der Waals surface area contributed by atoms with Crippen molar-refractivity contribution in [3.05, 3.63) is 0 Å². The first-order valence-corrected chi connectivity index (χ1v) is 13.8. The van der Waals surface area contributed by atoms with E-state index in [1.54, 1.807) is 0 Å². The Bertz CT molecular complexity index is 667. The van der Waals surface area contributed by atoms with Crippen molar-refractivity contribution in [3.63, 3.8) is 0 Å². The minimum Gasteiger partial charge on any atom is -0.481 e. The Morgan fingerprint density at radius 1 is 0.970 bits per heavy atom. The van der Waals surface area contributed by atoms with E-state index in [2.05, 4.69) is 20.8 Å². The molecule has 0 aliphatic heterocycles. The van der Waals surface area contributed by atoms with E-state index in [4.69, 9.17) is 14.6 Å². The van der Waals surface area contributed by atoms with Crippen LogP contribution in [0.1, 0.15) is 91.4 Å². The third kappa shape index (κ3) is 5.02. The second-order valence-corrected chi connectivity index (χ2v) is 12.4.